The zero-order valence-electron chi connectivity index (χ0n) is 11.0. The van der Waals surface area contributed by atoms with Crippen molar-refractivity contribution in [2.45, 2.75) is 52.5 Å². The fourth-order valence-corrected chi connectivity index (χ4v) is 1.65. The Balaban J connectivity index is 3.11. The molecule has 1 aromatic heterocycles. The topological polar surface area (TPSA) is 80.9 Å². The summed E-state index contributed by atoms with van der Waals surface area (Å²) in [6.07, 6.45) is 0.517. The second-order valence-electron chi connectivity index (χ2n) is 5.68. The van der Waals surface area contributed by atoms with E-state index < -0.39 is 12.0 Å². The maximum atomic E-state index is 11.3. The van der Waals surface area contributed by atoms with Crippen molar-refractivity contribution in [3.8, 4) is 0 Å². The Hall–Kier alpha value is -1.46. The van der Waals surface area contributed by atoms with Crippen LogP contribution in [0.1, 0.15) is 52.9 Å². The molecule has 0 saturated heterocycles. The number of nitrogens with zero attached hydrogens (tertiary/aromatic N) is 4. The maximum absolute atomic E-state index is 11.3. The first kappa shape index (κ1) is 13.6. The van der Waals surface area contributed by atoms with Crippen molar-refractivity contribution >= 4 is 5.97 Å². The highest BCUT2D eigenvalue weighted by Crippen LogP contribution is 2.24. The van der Waals surface area contributed by atoms with E-state index in [0.29, 0.717) is 12.2 Å². The van der Waals surface area contributed by atoms with Crippen molar-refractivity contribution in [1.82, 2.24) is 20.2 Å². The number of aliphatic carboxylic acids is 1. The Morgan fingerprint density at radius 2 is 2.00 bits per heavy atom. The Bertz CT molecular complexity index is 392. The predicted molar refractivity (Wildman–Crippen MR) is 62.6 cm³/mol. The van der Waals surface area contributed by atoms with Crippen LogP contribution >= 0.6 is 0 Å². The van der Waals surface area contributed by atoms with Crippen molar-refractivity contribution < 1.29 is 9.90 Å². The standard InChI is InChI=1S/C11H20N4O2/c1-7(2)6-8(9(16)17)15-10(11(3,4)5)12-13-14-15/h7-8H,6H2,1-5H3,(H,16,17). The van der Waals surface area contributed by atoms with E-state index >= 15 is 0 Å². The van der Waals surface area contributed by atoms with E-state index in [4.69, 9.17) is 0 Å². The average Bonchev–Trinajstić information content (AvgIpc) is 2.60. The summed E-state index contributed by atoms with van der Waals surface area (Å²) in [5.41, 5.74) is -0.270. The van der Waals surface area contributed by atoms with Gasteiger partial charge in [0.15, 0.2) is 11.9 Å². The SMILES string of the molecule is CC(C)CC(C(=O)O)n1nnnc1C(C)(C)C. The third-order valence-electron chi connectivity index (χ3n) is 2.44. The van der Waals surface area contributed by atoms with Crippen LogP contribution in [-0.4, -0.2) is 31.3 Å². The van der Waals surface area contributed by atoms with Gasteiger partial charge in [0.2, 0.25) is 0 Å². The van der Waals surface area contributed by atoms with E-state index in [9.17, 15) is 9.90 Å². The van der Waals surface area contributed by atoms with Crippen LogP contribution in [0.25, 0.3) is 0 Å². The van der Waals surface area contributed by atoms with Crippen molar-refractivity contribution in [2.24, 2.45) is 5.92 Å². The van der Waals surface area contributed by atoms with E-state index in [1.807, 2.05) is 34.6 Å². The van der Waals surface area contributed by atoms with Gasteiger partial charge in [0.1, 0.15) is 0 Å². The number of rotatable bonds is 4. The summed E-state index contributed by atoms with van der Waals surface area (Å²) in [5, 5.41) is 20.6. The summed E-state index contributed by atoms with van der Waals surface area (Å²) in [6, 6.07) is -0.695. The molecule has 0 aliphatic carbocycles. The molecule has 0 amide bonds. The van der Waals surface area contributed by atoms with Crippen molar-refractivity contribution in [3.63, 3.8) is 0 Å². The molecule has 0 aliphatic rings. The summed E-state index contributed by atoms with van der Waals surface area (Å²) < 4.78 is 1.43. The number of hydrogen-bond acceptors (Lipinski definition) is 4. The van der Waals surface area contributed by atoms with E-state index in [2.05, 4.69) is 15.5 Å². The van der Waals surface area contributed by atoms with Gasteiger partial charge in [-0.1, -0.05) is 34.6 Å². The molecule has 1 atom stereocenters. The monoisotopic (exact) mass is 240 g/mol. The largest absolute Gasteiger partial charge is 0.480 e. The lowest BCUT2D eigenvalue weighted by atomic mass is 9.94. The van der Waals surface area contributed by atoms with Crippen LogP contribution in [0.5, 0.6) is 0 Å². The minimum Gasteiger partial charge on any atom is -0.480 e. The van der Waals surface area contributed by atoms with Crippen LogP contribution in [0.15, 0.2) is 0 Å². The molecule has 6 nitrogen and oxygen atoms in total. The highest BCUT2D eigenvalue weighted by atomic mass is 16.4. The molecule has 1 heterocycles. The van der Waals surface area contributed by atoms with Gasteiger partial charge in [0.25, 0.3) is 0 Å². The third kappa shape index (κ3) is 3.25. The van der Waals surface area contributed by atoms with Crippen molar-refractivity contribution in [1.29, 1.82) is 0 Å². The molecule has 0 aliphatic heterocycles. The van der Waals surface area contributed by atoms with Crippen LogP contribution in [0, 0.1) is 5.92 Å². The number of tetrazole rings is 1. The first-order valence-electron chi connectivity index (χ1n) is 5.74. The average molecular weight is 240 g/mol. The zero-order valence-corrected chi connectivity index (χ0v) is 11.0. The van der Waals surface area contributed by atoms with Gasteiger partial charge in [0, 0.05) is 5.41 Å². The third-order valence-corrected chi connectivity index (χ3v) is 2.44. The zero-order chi connectivity index (χ0) is 13.2. The van der Waals surface area contributed by atoms with Crippen LogP contribution in [0.4, 0.5) is 0 Å². The van der Waals surface area contributed by atoms with Gasteiger partial charge in [-0.15, -0.1) is 5.10 Å². The summed E-state index contributed by atoms with van der Waals surface area (Å²) >= 11 is 0. The van der Waals surface area contributed by atoms with Gasteiger partial charge in [-0.2, -0.15) is 0 Å². The number of carboxylic acids is 1. The van der Waals surface area contributed by atoms with E-state index in [-0.39, 0.29) is 11.3 Å². The van der Waals surface area contributed by atoms with Gasteiger partial charge in [-0.05, 0) is 22.8 Å². The van der Waals surface area contributed by atoms with Gasteiger partial charge in [0.05, 0.1) is 0 Å². The fourth-order valence-electron chi connectivity index (χ4n) is 1.65. The van der Waals surface area contributed by atoms with E-state index in [0.717, 1.165) is 0 Å². The highest BCUT2D eigenvalue weighted by Gasteiger charge is 2.30. The van der Waals surface area contributed by atoms with Crippen LogP contribution in [-0.2, 0) is 10.2 Å². The quantitative estimate of drug-likeness (QED) is 0.865. The van der Waals surface area contributed by atoms with Gasteiger partial charge in [-0.3, -0.25) is 0 Å². The molecule has 0 saturated carbocycles. The molecule has 1 rings (SSSR count). The number of hydrogen-bond donors (Lipinski definition) is 1. The van der Waals surface area contributed by atoms with Gasteiger partial charge < -0.3 is 5.11 Å². The second-order valence-corrected chi connectivity index (χ2v) is 5.68. The van der Waals surface area contributed by atoms with Crippen LogP contribution in [0.3, 0.4) is 0 Å². The smallest absolute Gasteiger partial charge is 0.328 e. The lowest BCUT2D eigenvalue weighted by molar-refractivity contribution is -0.141. The molecule has 6 heteroatoms. The number of carbonyl (C=O) groups is 1. The lowest BCUT2D eigenvalue weighted by Crippen LogP contribution is -2.28. The highest BCUT2D eigenvalue weighted by molar-refractivity contribution is 5.71. The first-order valence-corrected chi connectivity index (χ1v) is 5.74. The summed E-state index contributed by atoms with van der Waals surface area (Å²) in [4.78, 5) is 11.3. The Labute approximate surface area is 101 Å². The minimum atomic E-state index is -0.892. The summed E-state index contributed by atoms with van der Waals surface area (Å²) in [5.74, 6) is -0.0184. The molecule has 17 heavy (non-hydrogen) atoms. The van der Waals surface area contributed by atoms with E-state index in [1.165, 1.54) is 4.68 Å². The molecule has 1 aromatic rings. The molecule has 1 unspecified atom stereocenters. The van der Waals surface area contributed by atoms with Crippen molar-refractivity contribution in [3.05, 3.63) is 5.82 Å². The maximum Gasteiger partial charge on any atom is 0.328 e. The molecule has 96 valence electrons. The van der Waals surface area contributed by atoms with Crippen LogP contribution < -0.4 is 0 Å². The number of aromatic nitrogens is 4. The molecule has 1 N–H and O–H groups in total. The Kier molecular flexibility index (Phi) is 3.85. The molecular formula is C11H20N4O2. The molecule has 0 fully saturated rings. The first-order chi connectivity index (χ1) is 7.73. The number of carboxylic acid groups (broad SMARTS) is 1. The summed E-state index contributed by atoms with van der Waals surface area (Å²) in [6.45, 7) is 9.85. The Morgan fingerprint density at radius 1 is 1.41 bits per heavy atom. The molecular weight excluding hydrogens is 220 g/mol. The molecule has 0 radical (unpaired) electrons. The second kappa shape index (κ2) is 4.81. The van der Waals surface area contributed by atoms with Gasteiger partial charge >= 0.3 is 5.97 Å². The summed E-state index contributed by atoms with van der Waals surface area (Å²) in [7, 11) is 0. The lowest BCUT2D eigenvalue weighted by Gasteiger charge is -2.21. The minimum absolute atomic E-state index is 0.270. The van der Waals surface area contributed by atoms with Gasteiger partial charge in [-0.25, -0.2) is 9.48 Å². The predicted octanol–water partition coefficient (Wildman–Crippen LogP) is 1.64. The fraction of sp³-hybridized carbons (Fsp3) is 0.818. The molecule has 0 aromatic carbocycles. The Morgan fingerprint density at radius 3 is 2.41 bits per heavy atom. The normalized spacial score (nSPS) is 14.0. The van der Waals surface area contributed by atoms with Crippen LogP contribution in [0.2, 0.25) is 0 Å². The van der Waals surface area contributed by atoms with Crippen molar-refractivity contribution in [2.75, 3.05) is 0 Å². The molecule has 0 bridgehead atoms. The van der Waals surface area contributed by atoms with E-state index in [1.54, 1.807) is 0 Å². The molecule has 0 spiro atoms.